The highest BCUT2D eigenvalue weighted by Crippen LogP contribution is 2.35. The number of nitrogens with zero attached hydrogens (tertiary/aromatic N) is 1. The van der Waals surface area contributed by atoms with Gasteiger partial charge in [0.2, 0.25) is 5.72 Å². The molecule has 0 aliphatic carbocycles. The Kier molecular flexibility index (Phi) is 5.36. The first-order valence-corrected chi connectivity index (χ1v) is 8.88. The molecule has 2 aromatic carbocycles. The zero-order valence-electron chi connectivity index (χ0n) is 15.9. The second-order valence-corrected chi connectivity index (χ2v) is 6.59. The van der Waals surface area contributed by atoms with Gasteiger partial charge in [-0.1, -0.05) is 24.3 Å². The number of rotatable bonds is 7. The fourth-order valence-electron chi connectivity index (χ4n) is 3.39. The van der Waals surface area contributed by atoms with Crippen LogP contribution in [0.5, 0.6) is 0 Å². The van der Waals surface area contributed by atoms with Gasteiger partial charge < -0.3 is 16.2 Å². The summed E-state index contributed by atoms with van der Waals surface area (Å²) in [6.07, 6.45) is -0.372. The molecular weight excluding hydrogens is 398 g/mol. The zero-order valence-corrected chi connectivity index (χ0v) is 15.9. The van der Waals surface area contributed by atoms with E-state index in [4.69, 9.17) is 21.6 Å². The quantitative estimate of drug-likeness (QED) is 0.355. The molecule has 0 fully saturated rings. The van der Waals surface area contributed by atoms with Crippen molar-refractivity contribution in [3.05, 3.63) is 70.3 Å². The van der Waals surface area contributed by atoms with E-state index in [2.05, 4.69) is 0 Å². The Balaban J connectivity index is 2.12. The Morgan fingerprint density at radius 1 is 1.03 bits per heavy atom. The van der Waals surface area contributed by atoms with Crippen molar-refractivity contribution in [3.63, 3.8) is 0 Å². The molecule has 30 heavy (non-hydrogen) atoms. The third kappa shape index (κ3) is 3.20. The van der Waals surface area contributed by atoms with E-state index in [1.807, 2.05) is 0 Å². The predicted molar refractivity (Wildman–Crippen MR) is 102 cm³/mol. The molecule has 8 nitrogen and oxygen atoms in total. The van der Waals surface area contributed by atoms with E-state index in [0.717, 1.165) is 12.1 Å². The van der Waals surface area contributed by atoms with E-state index < -0.39 is 46.2 Å². The molecule has 1 unspecified atom stereocenters. The number of nitrogens with two attached hydrogens (primary N) is 2. The SMILES string of the molecule is CCOC(Cc1ccc(C(=N)N)cc1)(C(N)=O)N1C(=O)c2c(F)ccc(F)c2C1=O. The molecule has 10 heteroatoms. The molecule has 0 radical (unpaired) electrons. The largest absolute Gasteiger partial charge is 0.384 e. The van der Waals surface area contributed by atoms with Crippen molar-refractivity contribution in [1.29, 1.82) is 5.41 Å². The average Bonchev–Trinajstić information content (AvgIpc) is 2.96. The van der Waals surface area contributed by atoms with Crippen molar-refractivity contribution >= 4 is 23.6 Å². The highest BCUT2D eigenvalue weighted by molar-refractivity contribution is 6.23. The molecule has 156 valence electrons. The number of imide groups is 1. The third-order valence-corrected chi connectivity index (χ3v) is 4.78. The number of carbonyl (C=O) groups excluding carboxylic acids is 3. The number of primary amides is 1. The molecule has 1 aliphatic heterocycles. The Morgan fingerprint density at radius 3 is 1.93 bits per heavy atom. The van der Waals surface area contributed by atoms with Gasteiger partial charge in [0, 0.05) is 18.6 Å². The summed E-state index contributed by atoms with van der Waals surface area (Å²) in [5.41, 5.74) is 7.90. The monoisotopic (exact) mass is 416 g/mol. The highest BCUT2D eigenvalue weighted by atomic mass is 19.1. The van der Waals surface area contributed by atoms with Gasteiger partial charge in [-0.15, -0.1) is 0 Å². The van der Waals surface area contributed by atoms with Crippen LogP contribution in [0.15, 0.2) is 36.4 Å². The third-order valence-electron chi connectivity index (χ3n) is 4.78. The summed E-state index contributed by atoms with van der Waals surface area (Å²) in [6.45, 7) is 1.38. The molecule has 0 saturated heterocycles. The van der Waals surface area contributed by atoms with Crippen LogP contribution in [0, 0.1) is 17.0 Å². The van der Waals surface area contributed by atoms with Gasteiger partial charge in [0.05, 0.1) is 11.1 Å². The van der Waals surface area contributed by atoms with Crippen LogP contribution in [0.2, 0.25) is 0 Å². The molecule has 0 aromatic heterocycles. The second kappa shape index (κ2) is 7.64. The molecule has 0 bridgehead atoms. The van der Waals surface area contributed by atoms with Crippen LogP contribution in [0.25, 0.3) is 0 Å². The van der Waals surface area contributed by atoms with Crippen molar-refractivity contribution in [2.75, 3.05) is 6.61 Å². The molecule has 5 N–H and O–H groups in total. The first-order chi connectivity index (χ1) is 14.1. The van der Waals surface area contributed by atoms with Gasteiger partial charge in [0.15, 0.2) is 0 Å². The van der Waals surface area contributed by atoms with Crippen molar-refractivity contribution in [2.45, 2.75) is 19.1 Å². The maximum Gasteiger partial charge on any atom is 0.271 e. The summed E-state index contributed by atoms with van der Waals surface area (Å²) >= 11 is 0. The Hall–Kier alpha value is -3.66. The number of amides is 3. The first kappa shape index (κ1) is 21.1. The number of nitrogens with one attached hydrogen (secondary N) is 1. The number of nitrogen functional groups attached to an aromatic ring is 1. The van der Waals surface area contributed by atoms with Crippen LogP contribution in [0.3, 0.4) is 0 Å². The number of hydrogen-bond acceptors (Lipinski definition) is 5. The maximum atomic E-state index is 14.2. The van der Waals surface area contributed by atoms with Gasteiger partial charge in [-0.25, -0.2) is 13.7 Å². The minimum absolute atomic E-state index is 0.132. The van der Waals surface area contributed by atoms with Crippen molar-refractivity contribution in [1.82, 2.24) is 4.90 Å². The van der Waals surface area contributed by atoms with Gasteiger partial charge in [-0.2, -0.15) is 0 Å². The number of fused-ring (bicyclic) bond motifs is 1. The smallest absolute Gasteiger partial charge is 0.271 e. The summed E-state index contributed by atoms with van der Waals surface area (Å²) in [6, 6.07) is 7.44. The van der Waals surface area contributed by atoms with Gasteiger partial charge in [-0.3, -0.25) is 19.8 Å². The standard InChI is InChI=1S/C20H18F2N4O4/c1-2-30-20(19(25)29,9-10-3-5-11(6-4-10)16(23)24)26-17(27)14-12(21)7-8-13(22)15(14)18(26)28/h3-8H,2,9H2,1H3,(H3,23,24)(H2,25,29). The Morgan fingerprint density at radius 2 is 1.53 bits per heavy atom. The lowest BCUT2D eigenvalue weighted by molar-refractivity contribution is -0.161. The average molecular weight is 416 g/mol. The van der Waals surface area contributed by atoms with Gasteiger partial charge >= 0.3 is 0 Å². The van der Waals surface area contributed by atoms with E-state index in [9.17, 15) is 23.2 Å². The number of carbonyl (C=O) groups is 3. The van der Waals surface area contributed by atoms with Gasteiger partial charge in [0.25, 0.3) is 17.7 Å². The number of benzene rings is 2. The lowest BCUT2D eigenvalue weighted by atomic mass is 9.98. The predicted octanol–water partition coefficient (Wildman–Crippen LogP) is 1.31. The molecule has 1 aliphatic rings. The number of hydrogen-bond donors (Lipinski definition) is 3. The normalized spacial score (nSPS) is 15.1. The lowest BCUT2D eigenvalue weighted by Crippen LogP contribution is -2.62. The molecule has 2 aromatic rings. The maximum absolute atomic E-state index is 14.2. The fraction of sp³-hybridized carbons (Fsp3) is 0.200. The molecular formula is C20H18F2N4O4. The molecule has 3 rings (SSSR count). The van der Waals surface area contributed by atoms with Crippen LogP contribution in [0.1, 0.15) is 38.8 Å². The zero-order chi connectivity index (χ0) is 22.2. The van der Waals surface area contributed by atoms with Gasteiger partial charge in [-0.05, 0) is 24.6 Å². The molecule has 0 saturated carbocycles. The van der Waals surface area contributed by atoms with Gasteiger partial charge in [0.1, 0.15) is 17.5 Å². The first-order valence-electron chi connectivity index (χ1n) is 8.88. The van der Waals surface area contributed by atoms with Crippen LogP contribution >= 0.6 is 0 Å². The Labute approximate surface area is 169 Å². The number of ether oxygens (including phenoxy) is 1. The van der Waals surface area contributed by atoms with E-state index in [0.29, 0.717) is 16.0 Å². The van der Waals surface area contributed by atoms with E-state index in [1.165, 1.54) is 31.2 Å². The van der Waals surface area contributed by atoms with Crippen LogP contribution in [0.4, 0.5) is 8.78 Å². The lowest BCUT2D eigenvalue weighted by Gasteiger charge is -2.37. The van der Waals surface area contributed by atoms with E-state index in [-0.39, 0.29) is 18.9 Å². The molecule has 1 atom stereocenters. The molecule has 1 heterocycles. The summed E-state index contributed by atoms with van der Waals surface area (Å²) in [5.74, 6) is -6.02. The van der Waals surface area contributed by atoms with Crippen molar-refractivity contribution < 1.29 is 27.9 Å². The summed E-state index contributed by atoms with van der Waals surface area (Å²) in [5, 5.41) is 7.43. The van der Waals surface area contributed by atoms with Crippen molar-refractivity contribution in [3.8, 4) is 0 Å². The fourth-order valence-corrected chi connectivity index (χ4v) is 3.39. The Bertz CT molecular complexity index is 1030. The topological polar surface area (TPSA) is 140 Å². The highest BCUT2D eigenvalue weighted by Gasteiger charge is 2.55. The van der Waals surface area contributed by atoms with E-state index in [1.54, 1.807) is 0 Å². The number of halogens is 2. The van der Waals surface area contributed by atoms with Crippen molar-refractivity contribution in [2.24, 2.45) is 11.5 Å². The minimum atomic E-state index is -2.32. The van der Waals surface area contributed by atoms with Crippen LogP contribution in [-0.2, 0) is 16.0 Å². The summed E-state index contributed by atoms with van der Waals surface area (Å²) in [7, 11) is 0. The second-order valence-electron chi connectivity index (χ2n) is 6.59. The summed E-state index contributed by atoms with van der Waals surface area (Å²) < 4.78 is 34.0. The van der Waals surface area contributed by atoms with Crippen LogP contribution in [-0.4, -0.2) is 40.8 Å². The minimum Gasteiger partial charge on any atom is -0.384 e. The molecule has 3 amide bonds. The van der Waals surface area contributed by atoms with Crippen LogP contribution < -0.4 is 11.5 Å². The van der Waals surface area contributed by atoms with E-state index >= 15 is 0 Å². The number of amidine groups is 1. The summed E-state index contributed by atoms with van der Waals surface area (Å²) in [4.78, 5) is 38.7. The molecule has 0 spiro atoms.